The van der Waals surface area contributed by atoms with Crippen molar-refractivity contribution in [2.75, 3.05) is 0 Å². The summed E-state index contributed by atoms with van der Waals surface area (Å²) in [4.78, 5) is 24.3. The van der Waals surface area contributed by atoms with Crippen LogP contribution in [0.2, 0.25) is 10.6 Å². The molecule has 0 aliphatic carbocycles. The average molecular weight is 280 g/mol. The van der Waals surface area contributed by atoms with Crippen LogP contribution in [0.3, 0.4) is 0 Å². The summed E-state index contributed by atoms with van der Waals surface area (Å²) < 4.78 is 5.59. The van der Waals surface area contributed by atoms with Gasteiger partial charge in [0.25, 0.3) is 0 Å². The summed E-state index contributed by atoms with van der Waals surface area (Å²) >= 11 is 0. The van der Waals surface area contributed by atoms with Crippen molar-refractivity contribution in [3.8, 4) is 0 Å². The van der Waals surface area contributed by atoms with Crippen LogP contribution in [-0.4, -0.2) is 29.9 Å². The minimum atomic E-state index is -0.732. The third kappa shape index (κ3) is 2.86. The summed E-state index contributed by atoms with van der Waals surface area (Å²) in [6.45, 7) is 5.59. The largest absolute Gasteiger partial charge is 0.481 e. The molecule has 2 saturated heterocycles. The van der Waals surface area contributed by atoms with Gasteiger partial charge in [0.1, 0.15) is 5.60 Å². The highest BCUT2D eigenvalue weighted by molar-refractivity contribution is 6.56. The topological polar surface area (TPSA) is 63.6 Å². The predicted octanol–water partition coefficient (Wildman–Crippen LogP) is 2.92. The highest BCUT2D eigenvalue weighted by atomic mass is 16.6. The molecule has 0 radical (unpaired) electrons. The van der Waals surface area contributed by atoms with Gasteiger partial charge in [0.2, 0.25) is 0 Å². The summed E-state index contributed by atoms with van der Waals surface area (Å²) in [6, 6.07) is 0. The number of carboxylic acids is 1. The number of hydrogen-bond donors (Lipinski definition) is 1. The van der Waals surface area contributed by atoms with Crippen LogP contribution in [0, 0.1) is 0 Å². The Morgan fingerprint density at radius 1 is 1.00 bits per heavy atom. The summed E-state index contributed by atoms with van der Waals surface area (Å²) in [6.07, 6.45) is 5.71. The fourth-order valence-corrected chi connectivity index (χ4v) is 3.79. The van der Waals surface area contributed by atoms with E-state index in [-0.39, 0.29) is 5.97 Å². The number of carbonyl (C=O) groups excluding carboxylic acids is 1. The lowest BCUT2D eigenvalue weighted by molar-refractivity contribution is -0.159. The van der Waals surface area contributed by atoms with Crippen molar-refractivity contribution < 1.29 is 19.4 Å². The number of carboxylic acid groups (broad SMARTS) is 1. The molecular formula is C15H25BO4. The van der Waals surface area contributed by atoms with E-state index < -0.39 is 22.2 Å². The van der Waals surface area contributed by atoms with E-state index in [9.17, 15) is 14.7 Å². The zero-order valence-corrected chi connectivity index (χ0v) is 12.8. The maximum atomic E-state index is 12.6. The number of esters is 1. The molecule has 112 valence electrons. The first kappa shape index (κ1) is 15.4. The Kier molecular flexibility index (Phi) is 3.91. The van der Waals surface area contributed by atoms with Crippen molar-refractivity contribution in [1.82, 2.24) is 0 Å². The van der Waals surface area contributed by atoms with Gasteiger partial charge in [0.15, 0.2) is 7.28 Å². The standard InChI is InChI=1S/C15H25BO4/c1-13(2,3)20-12(19)15-8-6-4-5-7-14(16-15,9-10-15)11(17)18/h16H,4-10H2,1-3H3,(H,17,18). The van der Waals surface area contributed by atoms with E-state index in [1.165, 1.54) is 0 Å². The zero-order valence-electron chi connectivity index (χ0n) is 12.8. The molecule has 2 heterocycles. The van der Waals surface area contributed by atoms with Crippen LogP contribution in [0.25, 0.3) is 0 Å². The fourth-order valence-electron chi connectivity index (χ4n) is 3.79. The SMILES string of the molecule is CC(C)(C)OC(=O)C12BC(C(=O)O)(CCCCC1)CC2. The smallest absolute Gasteiger partial charge is 0.304 e. The van der Waals surface area contributed by atoms with Gasteiger partial charge < -0.3 is 9.84 Å². The Morgan fingerprint density at radius 3 is 2.10 bits per heavy atom. The summed E-state index contributed by atoms with van der Waals surface area (Å²) in [5.74, 6) is -0.917. The number of fused-ring (bicyclic) bond motifs is 2. The van der Waals surface area contributed by atoms with Crippen molar-refractivity contribution in [3.63, 3.8) is 0 Å². The maximum Gasteiger partial charge on any atom is 0.304 e. The van der Waals surface area contributed by atoms with E-state index in [4.69, 9.17) is 4.74 Å². The first-order chi connectivity index (χ1) is 9.19. The quantitative estimate of drug-likeness (QED) is 0.624. The van der Waals surface area contributed by atoms with E-state index in [0.29, 0.717) is 26.5 Å². The monoisotopic (exact) mass is 280 g/mol. The molecule has 20 heavy (non-hydrogen) atoms. The molecule has 2 aliphatic rings. The van der Waals surface area contributed by atoms with E-state index in [0.717, 1.165) is 25.7 Å². The second kappa shape index (κ2) is 5.08. The maximum absolute atomic E-state index is 12.6. The van der Waals surface area contributed by atoms with Gasteiger partial charge in [-0.25, -0.2) is 0 Å². The Balaban J connectivity index is 2.25. The van der Waals surface area contributed by atoms with Gasteiger partial charge in [-0.2, -0.15) is 0 Å². The van der Waals surface area contributed by atoms with Crippen molar-refractivity contribution in [2.24, 2.45) is 0 Å². The second-order valence-electron chi connectivity index (χ2n) is 7.61. The van der Waals surface area contributed by atoms with Gasteiger partial charge in [0, 0.05) is 10.6 Å². The third-order valence-corrected chi connectivity index (χ3v) is 4.86. The van der Waals surface area contributed by atoms with Gasteiger partial charge in [-0.15, -0.1) is 0 Å². The minimum absolute atomic E-state index is 0.185. The lowest BCUT2D eigenvalue weighted by Gasteiger charge is -2.34. The van der Waals surface area contributed by atoms with Gasteiger partial charge >= 0.3 is 11.9 Å². The van der Waals surface area contributed by atoms with E-state index >= 15 is 0 Å². The highest BCUT2D eigenvalue weighted by Gasteiger charge is 2.58. The zero-order chi connectivity index (χ0) is 15.0. The third-order valence-electron chi connectivity index (χ3n) is 4.86. The van der Waals surface area contributed by atoms with Crippen LogP contribution in [0.4, 0.5) is 0 Å². The molecule has 2 rings (SSSR count). The number of aliphatic carboxylic acids is 1. The van der Waals surface area contributed by atoms with Crippen molar-refractivity contribution in [1.29, 1.82) is 0 Å². The molecule has 4 nitrogen and oxygen atoms in total. The molecule has 0 aromatic rings. The molecule has 2 unspecified atom stereocenters. The van der Waals surface area contributed by atoms with Crippen LogP contribution >= 0.6 is 0 Å². The molecule has 0 aromatic carbocycles. The number of carbonyl (C=O) groups is 2. The normalized spacial score (nSPS) is 33.8. The highest BCUT2D eigenvalue weighted by Crippen LogP contribution is 2.59. The lowest BCUT2D eigenvalue weighted by atomic mass is 9.41. The Morgan fingerprint density at radius 2 is 1.55 bits per heavy atom. The summed E-state index contributed by atoms with van der Waals surface area (Å²) in [7, 11) is 0.463. The molecule has 0 aromatic heterocycles. The van der Waals surface area contributed by atoms with Crippen LogP contribution in [-0.2, 0) is 14.3 Å². The van der Waals surface area contributed by atoms with Gasteiger partial charge in [-0.05, 0) is 46.5 Å². The first-order valence-corrected chi connectivity index (χ1v) is 7.66. The summed E-state index contributed by atoms with van der Waals surface area (Å²) in [5, 5.41) is 8.35. The van der Waals surface area contributed by atoms with Gasteiger partial charge in [-0.1, -0.05) is 19.3 Å². The Hall–Kier alpha value is -0.995. The summed E-state index contributed by atoms with van der Waals surface area (Å²) in [5.41, 5.74) is -0.511. The lowest BCUT2D eigenvalue weighted by Crippen LogP contribution is -2.39. The van der Waals surface area contributed by atoms with Gasteiger partial charge in [0.05, 0.1) is 0 Å². The molecule has 2 fully saturated rings. The molecule has 0 saturated carbocycles. The molecule has 2 aliphatic heterocycles. The van der Waals surface area contributed by atoms with Crippen LogP contribution in [0.5, 0.6) is 0 Å². The van der Waals surface area contributed by atoms with Crippen LogP contribution in [0.15, 0.2) is 0 Å². The molecule has 0 spiro atoms. The van der Waals surface area contributed by atoms with E-state index in [1.807, 2.05) is 20.8 Å². The fraction of sp³-hybridized carbons (Fsp3) is 0.867. The molecule has 0 amide bonds. The van der Waals surface area contributed by atoms with Crippen molar-refractivity contribution in [2.45, 2.75) is 81.9 Å². The first-order valence-electron chi connectivity index (χ1n) is 7.66. The van der Waals surface area contributed by atoms with Gasteiger partial charge in [-0.3, -0.25) is 9.59 Å². The van der Waals surface area contributed by atoms with E-state index in [2.05, 4.69) is 0 Å². The van der Waals surface area contributed by atoms with E-state index in [1.54, 1.807) is 0 Å². The molecule has 2 atom stereocenters. The molecule has 2 bridgehead atoms. The predicted molar refractivity (Wildman–Crippen MR) is 78.3 cm³/mol. The number of rotatable bonds is 2. The average Bonchev–Trinajstić information content (AvgIpc) is 2.68. The van der Waals surface area contributed by atoms with Crippen molar-refractivity contribution in [3.05, 3.63) is 0 Å². The number of ether oxygens (including phenoxy) is 1. The minimum Gasteiger partial charge on any atom is -0.481 e. The molecular weight excluding hydrogens is 255 g/mol. The number of hydrogen-bond acceptors (Lipinski definition) is 3. The van der Waals surface area contributed by atoms with Crippen LogP contribution < -0.4 is 0 Å². The molecule has 5 heteroatoms. The Labute approximate surface area is 121 Å². The van der Waals surface area contributed by atoms with Crippen molar-refractivity contribution >= 4 is 19.2 Å². The second-order valence-corrected chi connectivity index (χ2v) is 7.61. The van der Waals surface area contributed by atoms with Crippen LogP contribution in [0.1, 0.15) is 65.7 Å². The molecule has 1 N–H and O–H groups in total. The Bertz CT molecular complexity index is 415.